The number of phenols is 1. The number of ether oxygens (including phenoxy) is 1. The molecule has 5 heteroatoms. The Morgan fingerprint density at radius 2 is 2.00 bits per heavy atom. The molecule has 2 aliphatic carbocycles. The van der Waals surface area contributed by atoms with Gasteiger partial charge in [-0.05, 0) is 48.8 Å². The van der Waals surface area contributed by atoms with Crippen molar-refractivity contribution in [2.24, 2.45) is 17.8 Å². The second kappa shape index (κ2) is 8.72. The summed E-state index contributed by atoms with van der Waals surface area (Å²) in [6, 6.07) is 3.24. The Balaban J connectivity index is 0.00000117. The highest BCUT2D eigenvalue weighted by molar-refractivity contribution is 6.34. The number of carbonyl (C=O) groups excluding carboxylic acids is 2. The molecule has 0 radical (unpaired) electrons. The number of aromatic hydroxyl groups is 1. The molecule has 0 aliphatic heterocycles. The van der Waals surface area contributed by atoms with Crippen LogP contribution in [0.15, 0.2) is 17.7 Å². The van der Waals surface area contributed by atoms with Crippen LogP contribution >= 0.6 is 11.6 Å². The lowest BCUT2D eigenvalue weighted by Gasteiger charge is -2.32. The van der Waals surface area contributed by atoms with Crippen molar-refractivity contribution >= 4 is 29.4 Å². The molecule has 0 spiro atoms. The standard InChI is InChI=1S/C19H21ClO4.C2H6/c1-3-10-6-12-7-13(8-15(12)22)16(10)19(24-2)14-5-4-11(9-21)18(23)17(14)20;1-2/h4-5,9-10,12-13,23H,3,6-8H2,1-2H3;1-2H3/b19-16-;. The van der Waals surface area contributed by atoms with Crippen LogP contribution in [-0.4, -0.2) is 24.3 Å². The molecule has 0 aromatic heterocycles. The summed E-state index contributed by atoms with van der Waals surface area (Å²) < 4.78 is 5.69. The number of ketones is 1. The van der Waals surface area contributed by atoms with Crippen molar-refractivity contribution in [2.75, 3.05) is 7.11 Å². The second-order valence-corrected chi connectivity index (χ2v) is 6.99. The zero-order valence-corrected chi connectivity index (χ0v) is 16.6. The van der Waals surface area contributed by atoms with E-state index in [4.69, 9.17) is 16.3 Å². The molecule has 26 heavy (non-hydrogen) atoms. The van der Waals surface area contributed by atoms with E-state index >= 15 is 0 Å². The lowest BCUT2D eigenvalue weighted by Crippen LogP contribution is -2.22. The van der Waals surface area contributed by atoms with Crippen molar-refractivity contribution in [3.8, 4) is 5.75 Å². The number of rotatable bonds is 4. The molecule has 0 saturated heterocycles. The smallest absolute Gasteiger partial charge is 0.153 e. The Labute approximate surface area is 160 Å². The van der Waals surface area contributed by atoms with E-state index in [9.17, 15) is 14.7 Å². The van der Waals surface area contributed by atoms with Crippen molar-refractivity contribution in [3.63, 3.8) is 0 Å². The summed E-state index contributed by atoms with van der Waals surface area (Å²) in [7, 11) is 1.58. The van der Waals surface area contributed by atoms with Crippen molar-refractivity contribution in [3.05, 3.63) is 33.9 Å². The van der Waals surface area contributed by atoms with Gasteiger partial charge < -0.3 is 9.84 Å². The largest absolute Gasteiger partial charge is 0.506 e. The van der Waals surface area contributed by atoms with E-state index in [0.29, 0.717) is 29.8 Å². The van der Waals surface area contributed by atoms with E-state index in [-0.39, 0.29) is 34.1 Å². The fourth-order valence-electron chi connectivity index (χ4n) is 4.23. The van der Waals surface area contributed by atoms with Gasteiger partial charge in [0.15, 0.2) is 6.29 Å². The summed E-state index contributed by atoms with van der Waals surface area (Å²) in [5.41, 5.74) is 1.85. The molecule has 142 valence electrons. The van der Waals surface area contributed by atoms with E-state index in [1.807, 2.05) is 13.8 Å². The summed E-state index contributed by atoms with van der Waals surface area (Å²) in [5.74, 6) is 1.37. The maximum Gasteiger partial charge on any atom is 0.153 e. The molecule has 0 amide bonds. The SMILES string of the molecule is CC.CCC1CC2CC(CC2=O)/C1=C(\OC)c1ccc(C=O)c(O)c1Cl. The van der Waals surface area contributed by atoms with Gasteiger partial charge >= 0.3 is 0 Å². The number of Topliss-reactive ketones (excluding diaryl/α,β-unsaturated/α-hetero) is 1. The Morgan fingerprint density at radius 3 is 2.58 bits per heavy atom. The van der Waals surface area contributed by atoms with Crippen LogP contribution in [0.3, 0.4) is 0 Å². The van der Waals surface area contributed by atoms with Gasteiger partial charge in [-0.2, -0.15) is 0 Å². The van der Waals surface area contributed by atoms with Crippen LogP contribution in [0.25, 0.3) is 5.76 Å². The van der Waals surface area contributed by atoms with Crippen LogP contribution < -0.4 is 0 Å². The summed E-state index contributed by atoms with van der Waals surface area (Å²) in [6.45, 7) is 6.11. The van der Waals surface area contributed by atoms with E-state index in [2.05, 4.69) is 6.92 Å². The van der Waals surface area contributed by atoms with E-state index < -0.39 is 0 Å². The highest BCUT2D eigenvalue weighted by atomic mass is 35.5. The molecule has 1 aromatic rings. The Bertz CT molecular complexity index is 723. The van der Waals surface area contributed by atoms with Crippen LogP contribution in [0.1, 0.15) is 62.4 Å². The van der Waals surface area contributed by atoms with E-state index in [1.54, 1.807) is 13.2 Å². The summed E-state index contributed by atoms with van der Waals surface area (Å²) in [6.07, 6.45) is 3.77. The van der Waals surface area contributed by atoms with Gasteiger partial charge in [0.2, 0.25) is 0 Å². The van der Waals surface area contributed by atoms with Crippen molar-refractivity contribution in [2.45, 2.75) is 46.5 Å². The number of aldehydes is 1. The number of methoxy groups -OCH3 is 1. The predicted molar refractivity (Wildman–Crippen MR) is 103 cm³/mol. The molecule has 3 atom stereocenters. The highest BCUT2D eigenvalue weighted by Crippen LogP contribution is 2.50. The third-order valence-electron chi connectivity index (χ3n) is 5.40. The number of carbonyl (C=O) groups is 2. The maximum atomic E-state index is 12.1. The summed E-state index contributed by atoms with van der Waals surface area (Å²) in [4.78, 5) is 23.1. The molecular weight excluding hydrogens is 352 g/mol. The topological polar surface area (TPSA) is 63.6 Å². The van der Waals surface area contributed by atoms with Crippen LogP contribution in [-0.2, 0) is 9.53 Å². The molecule has 3 unspecified atom stereocenters. The lowest BCUT2D eigenvalue weighted by atomic mass is 9.74. The van der Waals surface area contributed by atoms with Crippen LogP contribution in [0, 0.1) is 17.8 Å². The molecule has 1 N–H and O–H groups in total. The Hall–Kier alpha value is -1.81. The lowest BCUT2D eigenvalue weighted by molar-refractivity contribution is -0.120. The number of allylic oxidation sites excluding steroid dienone is 1. The average molecular weight is 379 g/mol. The minimum atomic E-state index is -0.233. The zero-order chi connectivity index (χ0) is 19.4. The predicted octanol–water partition coefficient (Wildman–Crippen LogP) is 5.27. The Kier molecular flexibility index (Phi) is 6.87. The first kappa shape index (κ1) is 20.5. The monoisotopic (exact) mass is 378 g/mol. The van der Waals surface area contributed by atoms with Crippen molar-refractivity contribution in [1.29, 1.82) is 0 Å². The minimum Gasteiger partial charge on any atom is -0.506 e. The van der Waals surface area contributed by atoms with Gasteiger partial charge in [0, 0.05) is 17.9 Å². The van der Waals surface area contributed by atoms with Crippen LogP contribution in [0.4, 0.5) is 0 Å². The highest BCUT2D eigenvalue weighted by Gasteiger charge is 2.44. The molecule has 0 heterocycles. The quantitative estimate of drug-likeness (QED) is 0.572. The van der Waals surface area contributed by atoms with Crippen LogP contribution in [0.2, 0.25) is 5.02 Å². The first-order valence-electron chi connectivity index (χ1n) is 9.29. The maximum absolute atomic E-state index is 12.1. The summed E-state index contributed by atoms with van der Waals surface area (Å²) in [5, 5.41) is 10.2. The van der Waals surface area contributed by atoms with E-state index in [1.165, 1.54) is 6.07 Å². The summed E-state index contributed by atoms with van der Waals surface area (Å²) >= 11 is 6.30. The fourth-order valence-corrected chi connectivity index (χ4v) is 4.48. The number of hydrogen-bond acceptors (Lipinski definition) is 4. The van der Waals surface area contributed by atoms with Gasteiger partial charge in [-0.1, -0.05) is 32.4 Å². The van der Waals surface area contributed by atoms with Gasteiger partial charge in [0.05, 0.1) is 17.7 Å². The first-order valence-corrected chi connectivity index (χ1v) is 9.67. The number of hydrogen-bond donors (Lipinski definition) is 1. The molecule has 2 aliphatic rings. The van der Waals surface area contributed by atoms with Gasteiger partial charge in [-0.3, -0.25) is 9.59 Å². The molecule has 3 rings (SSSR count). The van der Waals surface area contributed by atoms with Gasteiger partial charge in [-0.25, -0.2) is 0 Å². The first-order chi connectivity index (χ1) is 12.5. The number of benzene rings is 1. The zero-order valence-electron chi connectivity index (χ0n) is 15.8. The molecular formula is C21H27ClO4. The minimum absolute atomic E-state index is 0.116. The van der Waals surface area contributed by atoms with E-state index in [0.717, 1.165) is 24.8 Å². The molecule has 1 aromatic carbocycles. The van der Waals surface area contributed by atoms with Gasteiger partial charge in [0.1, 0.15) is 17.3 Å². The molecule has 2 bridgehead atoms. The van der Waals surface area contributed by atoms with Crippen LogP contribution in [0.5, 0.6) is 5.75 Å². The molecule has 2 saturated carbocycles. The number of halogens is 1. The number of fused-ring (bicyclic) bond motifs is 2. The Morgan fingerprint density at radius 1 is 1.31 bits per heavy atom. The van der Waals surface area contributed by atoms with Gasteiger partial charge in [0.25, 0.3) is 0 Å². The second-order valence-electron chi connectivity index (χ2n) is 6.61. The van der Waals surface area contributed by atoms with Gasteiger partial charge in [-0.15, -0.1) is 0 Å². The average Bonchev–Trinajstić information content (AvgIpc) is 2.96. The number of phenolic OH excluding ortho intramolecular Hbond substituents is 1. The molecule has 4 nitrogen and oxygen atoms in total. The van der Waals surface area contributed by atoms with Crippen molar-refractivity contribution < 1.29 is 19.4 Å². The normalized spacial score (nSPS) is 26.0. The third kappa shape index (κ3) is 3.52. The third-order valence-corrected chi connectivity index (χ3v) is 5.78. The molecule has 2 fully saturated rings. The fraction of sp³-hybridized carbons (Fsp3) is 0.524. The van der Waals surface area contributed by atoms with Crippen molar-refractivity contribution in [1.82, 2.24) is 0 Å².